The van der Waals surface area contributed by atoms with E-state index in [1.807, 2.05) is 0 Å². The second-order valence-electron chi connectivity index (χ2n) is 4.80. The van der Waals surface area contributed by atoms with Gasteiger partial charge in [-0.15, -0.1) is 0 Å². The Hall–Kier alpha value is -0.690. The van der Waals surface area contributed by atoms with Crippen molar-refractivity contribution in [1.29, 1.82) is 0 Å². The molecule has 1 rings (SSSR count). The third-order valence-electron chi connectivity index (χ3n) is 3.38. The Kier molecular flexibility index (Phi) is 4.26. The van der Waals surface area contributed by atoms with Crippen molar-refractivity contribution in [1.82, 2.24) is 5.43 Å². The molecule has 0 amide bonds. The van der Waals surface area contributed by atoms with Crippen LogP contribution in [0, 0.1) is 5.92 Å². The first-order chi connectivity index (χ1) is 7.39. The molecule has 4 unspecified atom stereocenters. The maximum Gasteiger partial charge on any atom is 0.324 e. The van der Waals surface area contributed by atoms with Gasteiger partial charge in [-0.1, -0.05) is 0 Å². The van der Waals surface area contributed by atoms with E-state index in [9.17, 15) is 15.0 Å². The minimum atomic E-state index is -1.17. The molecule has 16 heavy (non-hydrogen) atoms. The monoisotopic (exact) mass is 232 g/mol. The molecule has 0 saturated heterocycles. The molecule has 6 nitrogen and oxygen atoms in total. The van der Waals surface area contributed by atoms with Crippen LogP contribution in [-0.2, 0) is 4.79 Å². The maximum absolute atomic E-state index is 11.0. The number of aliphatic hydroxyl groups is 2. The van der Waals surface area contributed by atoms with Gasteiger partial charge in [-0.05, 0) is 38.5 Å². The summed E-state index contributed by atoms with van der Waals surface area (Å²) in [6.45, 7) is 1.52. The number of nitrogens with one attached hydrogen (secondary N) is 1. The largest absolute Gasteiger partial charge is 0.480 e. The van der Waals surface area contributed by atoms with Crippen molar-refractivity contribution in [2.75, 3.05) is 0 Å². The molecule has 6 heteroatoms. The predicted octanol–water partition coefficient (Wildman–Crippen LogP) is -0.795. The summed E-state index contributed by atoms with van der Waals surface area (Å²) >= 11 is 0. The molecule has 0 radical (unpaired) electrons. The van der Waals surface area contributed by atoms with Gasteiger partial charge < -0.3 is 15.3 Å². The predicted molar refractivity (Wildman–Crippen MR) is 57.3 cm³/mol. The number of carboxylic acids is 1. The number of carbonyl (C=O) groups is 1. The van der Waals surface area contributed by atoms with Gasteiger partial charge in [0, 0.05) is 0 Å². The SMILES string of the molecule is CC(CC1CCC(O)C(O)C1)(NN)C(=O)O. The van der Waals surface area contributed by atoms with E-state index in [2.05, 4.69) is 5.43 Å². The summed E-state index contributed by atoms with van der Waals surface area (Å²) in [5.41, 5.74) is 1.13. The van der Waals surface area contributed by atoms with Crippen molar-refractivity contribution in [2.45, 2.75) is 50.4 Å². The van der Waals surface area contributed by atoms with Crippen molar-refractivity contribution in [3.8, 4) is 0 Å². The van der Waals surface area contributed by atoms with Crippen LogP contribution in [0.5, 0.6) is 0 Å². The molecule has 1 fully saturated rings. The standard InChI is InChI=1S/C10H20N2O4/c1-10(12-11,9(15)16)5-6-2-3-7(13)8(14)4-6/h6-8,12-14H,2-5,11H2,1H3,(H,15,16). The normalized spacial score (nSPS) is 34.4. The summed E-state index contributed by atoms with van der Waals surface area (Å²) in [4.78, 5) is 11.0. The molecule has 94 valence electrons. The Morgan fingerprint density at radius 3 is 2.50 bits per heavy atom. The molecule has 0 spiro atoms. The molecule has 0 aromatic carbocycles. The molecule has 0 aromatic heterocycles. The number of aliphatic carboxylic acids is 1. The van der Waals surface area contributed by atoms with E-state index in [1.165, 1.54) is 6.92 Å². The topological polar surface area (TPSA) is 116 Å². The van der Waals surface area contributed by atoms with Crippen LogP contribution in [0.25, 0.3) is 0 Å². The van der Waals surface area contributed by atoms with Crippen LogP contribution in [0.3, 0.4) is 0 Å². The van der Waals surface area contributed by atoms with Crippen LogP contribution >= 0.6 is 0 Å². The van der Waals surface area contributed by atoms with Gasteiger partial charge in [0.05, 0.1) is 12.2 Å². The Morgan fingerprint density at radius 1 is 1.44 bits per heavy atom. The average molecular weight is 232 g/mol. The summed E-state index contributed by atoms with van der Waals surface area (Å²) in [7, 11) is 0. The Labute approximate surface area is 94.4 Å². The molecule has 0 bridgehead atoms. The number of carboxylic acid groups (broad SMARTS) is 1. The highest BCUT2D eigenvalue weighted by atomic mass is 16.4. The number of nitrogens with two attached hydrogens (primary N) is 1. The summed E-state index contributed by atoms with van der Waals surface area (Å²) in [5, 5.41) is 27.9. The van der Waals surface area contributed by atoms with Gasteiger partial charge in [0.2, 0.25) is 0 Å². The number of aliphatic hydroxyl groups excluding tert-OH is 2. The Morgan fingerprint density at radius 2 is 2.06 bits per heavy atom. The van der Waals surface area contributed by atoms with Crippen LogP contribution in [0.4, 0.5) is 0 Å². The van der Waals surface area contributed by atoms with E-state index in [-0.39, 0.29) is 5.92 Å². The van der Waals surface area contributed by atoms with Gasteiger partial charge in [0.1, 0.15) is 5.54 Å². The molecule has 1 aliphatic rings. The second kappa shape index (κ2) is 5.09. The minimum absolute atomic E-state index is 0.0653. The number of rotatable bonds is 4. The minimum Gasteiger partial charge on any atom is -0.480 e. The van der Waals surface area contributed by atoms with Crippen LogP contribution in [0.1, 0.15) is 32.6 Å². The van der Waals surface area contributed by atoms with E-state index in [1.54, 1.807) is 0 Å². The lowest BCUT2D eigenvalue weighted by Crippen LogP contribution is -2.54. The van der Waals surface area contributed by atoms with Crippen molar-refractivity contribution in [3.63, 3.8) is 0 Å². The molecular formula is C10H20N2O4. The molecule has 0 aromatic rings. The van der Waals surface area contributed by atoms with Gasteiger partial charge in [-0.2, -0.15) is 0 Å². The van der Waals surface area contributed by atoms with E-state index in [0.29, 0.717) is 25.7 Å². The molecular weight excluding hydrogens is 212 g/mol. The quantitative estimate of drug-likeness (QED) is 0.320. The first kappa shape index (κ1) is 13.4. The van der Waals surface area contributed by atoms with E-state index < -0.39 is 23.7 Å². The highest BCUT2D eigenvalue weighted by Gasteiger charge is 2.37. The smallest absolute Gasteiger partial charge is 0.324 e. The third-order valence-corrected chi connectivity index (χ3v) is 3.38. The number of hydrogen-bond donors (Lipinski definition) is 5. The van der Waals surface area contributed by atoms with Gasteiger partial charge in [-0.25, -0.2) is 5.43 Å². The molecule has 1 aliphatic carbocycles. The lowest BCUT2D eigenvalue weighted by atomic mass is 9.78. The van der Waals surface area contributed by atoms with Crippen molar-refractivity contribution >= 4 is 5.97 Å². The highest BCUT2D eigenvalue weighted by molar-refractivity contribution is 5.78. The van der Waals surface area contributed by atoms with Gasteiger partial charge in [-0.3, -0.25) is 10.6 Å². The first-order valence-electron chi connectivity index (χ1n) is 5.46. The summed E-state index contributed by atoms with van der Waals surface area (Å²) < 4.78 is 0. The number of hydrogen-bond acceptors (Lipinski definition) is 5. The zero-order valence-corrected chi connectivity index (χ0v) is 9.39. The lowest BCUT2D eigenvalue weighted by molar-refractivity contribution is -0.145. The maximum atomic E-state index is 11.0. The molecule has 0 heterocycles. The van der Waals surface area contributed by atoms with Gasteiger partial charge in [0.25, 0.3) is 0 Å². The fourth-order valence-corrected chi connectivity index (χ4v) is 2.19. The van der Waals surface area contributed by atoms with E-state index in [0.717, 1.165) is 0 Å². The van der Waals surface area contributed by atoms with E-state index in [4.69, 9.17) is 10.9 Å². The zero-order valence-electron chi connectivity index (χ0n) is 9.39. The average Bonchev–Trinajstić information content (AvgIpc) is 2.23. The first-order valence-corrected chi connectivity index (χ1v) is 5.46. The van der Waals surface area contributed by atoms with Crippen LogP contribution in [-0.4, -0.2) is 39.0 Å². The van der Waals surface area contributed by atoms with Crippen LogP contribution < -0.4 is 11.3 Å². The summed E-state index contributed by atoms with van der Waals surface area (Å²) in [5.74, 6) is 4.31. The van der Waals surface area contributed by atoms with Crippen molar-refractivity contribution in [2.24, 2.45) is 11.8 Å². The van der Waals surface area contributed by atoms with Gasteiger partial charge >= 0.3 is 5.97 Å². The fourth-order valence-electron chi connectivity index (χ4n) is 2.19. The lowest BCUT2D eigenvalue weighted by Gasteiger charge is -2.34. The fraction of sp³-hybridized carbons (Fsp3) is 0.900. The second-order valence-corrected chi connectivity index (χ2v) is 4.80. The number of hydrazine groups is 1. The van der Waals surface area contributed by atoms with Crippen LogP contribution in [0.2, 0.25) is 0 Å². The zero-order chi connectivity index (χ0) is 12.3. The Bertz CT molecular complexity index is 261. The molecule has 0 aliphatic heterocycles. The third kappa shape index (κ3) is 2.91. The van der Waals surface area contributed by atoms with E-state index >= 15 is 0 Å². The Balaban J connectivity index is 2.57. The molecule has 1 saturated carbocycles. The molecule has 4 atom stereocenters. The summed E-state index contributed by atoms with van der Waals surface area (Å²) in [6.07, 6.45) is 0.552. The summed E-state index contributed by atoms with van der Waals surface area (Å²) in [6, 6.07) is 0. The van der Waals surface area contributed by atoms with Crippen molar-refractivity contribution < 1.29 is 20.1 Å². The van der Waals surface area contributed by atoms with Gasteiger partial charge in [0.15, 0.2) is 0 Å². The van der Waals surface area contributed by atoms with Crippen molar-refractivity contribution in [3.05, 3.63) is 0 Å². The molecule has 6 N–H and O–H groups in total. The highest BCUT2D eigenvalue weighted by Crippen LogP contribution is 2.31. The van der Waals surface area contributed by atoms with Crippen LogP contribution in [0.15, 0.2) is 0 Å².